The third-order valence-corrected chi connectivity index (χ3v) is 4.90. The van der Waals surface area contributed by atoms with Crippen LogP contribution in [0.1, 0.15) is 24.0 Å². The van der Waals surface area contributed by atoms with Crippen molar-refractivity contribution in [2.24, 2.45) is 0 Å². The Kier molecular flexibility index (Phi) is 10.4. The highest BCUT2D eigenvalue weighted by Gasteiger charge is 2.19. The zero-order valence-corrected chi connectivity index (χ0v) is 17.4. The van der Waals surface area contributed by atoms with Gasteiger partial charge in [-0.25, -0.2) is 0 Å². The zero-order chi connectivity index (χ0) is 16.8. The molecule has 0 aromatic heterocycles. The molecule has 0 amide bonds. The molecule has 1 saturated heterocycles. The lowest BCUT2D eigenvalue weighted by molar-refractivity contribution is 0.190. The lowest BCUT2D eigenvalue weighted by Crippen LogP contribution is -2.41. The number of hydrogen-bond donors (Lipinski definition) is 1. The van der Waals surface area contributed by atoms with E-state index in [2.05, 4.69) is 40.5 Å². The Hall–Kier alpha value is -0.970. The topological polar surface area (TPSA) is 24.5 Å². The van der Waals surface area contributed by atoms with Crippen molar-refractivity contribution in [1.29, 1.82) is 0 Å². The number of hydrogen-bond acceptors (Lipinski definition) is 3. The van der Waals surface area contributed by atoms with E-state index in [1.165, 1.54) is 18.4 Å². The summed E-state index contributed by atoms with van der Waals surface area (Å²) >= 11 is 6.10. The Morgan fingerprint density at radius 2 is 1.77 bits per heavy atom. The van der Waals surface area contributed by atoms with Crippen molar-refractivity contribution in [1.82, 2.24) is 10.2 Å². The molecular weight excluding hydrogens is 391 g/mol. The van der Waals surface area contributed by atoms with Crippen LogP contribution in [0.2, 0.25) is 5.02 Å². The first-order chi connectivity index (χ1) is 11.7. The molecule has 1 aliphatic rings. The van der Waals surface area contributed by atoms with Gasteiger partial charge in [-0.1, -0.05) is 41.9 Å². The third-order valence-electron chi connectivity index (χ3n) is 4.66. The van der Waals surface area contributed by atoms with Crippen molar-refractivity contribution >= 4 is 36.4 Å². The van der Waals surface area contributed by atoms with Gasteiger partial charge < -0.3 is 10.1 Å². The lowest BCUT2D eigenvalue weighted by Gasteiger charge is -2.32. The summed E-state index contributed by atoms with van der Waals surface area (Å²) in [4.78, 5) is 2.54. The largest absolute Gasteiger partial charge is 0.496 e. The molecule has 0 atom stereocenters. The second-order valence-corrected chi connectivity index (χ2v) is 6.81. The summed E-state index contributed by atoms with van der Waals surface area (Å²) in [6.45, 7) is 4.13. The highest BCUT2D eigenvalue weighted by molar-refractivity contribution is 6.30. The molecule has 1 heterocycles. The number of rotatable bonds is 6. The van der Waals surface area contributed by atoms with Crippen LogP contribution >= 0.6 is 36.4 Å². The van der Waals surface area contributed by atoms with Gasteiger partial charge in [-0.2, -0.15) is 0 Å². The van der Waals surface area contributed by atoms with Crippen molar-refractivity contribution in [3.8, 4) is 5.75 Å². The van der Waals surface area contributed by atoms with Crippen LogP contribution in [0, 0.1) is 0 Å². The van der Waals surface area contributed by atoms with Crippen molar-refractivity contribution in [3.63, 3.8) is 0 Å². The van der Waals surface area contributed by atoms with Crippen LogP contribution in [0.15, 0.2) is 48.5 Å². The van der Waals surface area contributed by atoms with Crippen molar-refractivity contribution in [3.05, 3.63) is 64.7 Å². The normalized spacial score (nSPS) is 15.0. The van der Waals surface area contributed by atoms with Gasteiger partial charge in [0.15, 0.2) is 0 Å². The van der Waals surface area contributed by atoms with Crippen molar-refractivity contribution in [2.75, 3.05) is 20.2 Å². The van der Waals surface area contributed by atoms with E-state index in [4.69, 9.17) is 16.3 Å². The standard InChI is InChI=1S/C20H25ClN2O.2ClH/c1-24-20-8-7-18(21)13-17(20)14-22-19-9-11-23(12-10-19)15-16-5-3-2-4-6-16;;/h2-8,13,19,22H,9-12,14-15H2,1H3;2*1H. The Morgan fingerprint density at radius 3 is 2.42 bits per heavy atom. The van der Waals surface area contributed by atoms with Gasteiger partial charge in [-0.15, -0.1) is 24.8 Å². The summed E-state index contributed by atoms with van der Waals surface area (Å²) in [6, 6.07) is 17.0. The molecule has 0 radical (unpaired) electrons. The van der Waals surface area contributed by atoms with Crippen LogP contribution in [0.3, 0.4) is 0 Å². The molecule has 2 aromatic carbocycles. The van der Waals surface area contributed by atoms with Gasteiger partial charge in [-0.3, -0.25) is 4.90 Å². The Morgan fingerprint density at radius 1 is 1.08 bits per heavy atom. The van der Waals surface area contributed by atoms with Crippen LogP contribution in [-0.4, -0.2) is 31.1 Å². The first-order valence-electron chi connectivity index (χ1n) is 8.56. The lowest BCUT2D eigenvalue weighted by atomic mass is 10.0. The monoisotopic (exact) mass is 416 g/mol. The number of nitrogens with zero attached hydrogens (tertiary/aromatic N) is 1. The number of likely N-dealkylation sites (tertiary alicyclic amines) is 1. The maximum absolute atomic E-state index is 6.10. The number of halogens is 3. The predicted octanol–water partition coefficient (Wildman–Crippen LogP) is 4.95. The van der Waals surface area contributed by atoms with Crippen LogP contribution in [-0.2, 0) is 13.1 Å². The second-order valence-electron chi connectivity index (χ2n) is 6.37. The molecule has 0 bridgehead atoms. The summed E-state index contributed by atoms with van der Waals surface area (Å²) < 4.78 is 5.42. The number of benzene rings is 2. The maximum atomic E-state index is 6.10. The summed E-state index contributed by atoms with van der Waals surface area (Å²) in [6.07, 6.45) is 2.35. The fourth-order valence-electron chi connectivity index (χ4n) is 3.28. The average Bonchev–Trinajstić information content (AvgIpc) is 2.62. The quantitative estimate of drug-likeness (QED) is 0.720. The van der Waals surface area contributed by atoms with Crippen LogP contribution < -0.4 is 10.1 Å². The molecule has 1 N–H and O–H groups in total. The Labute approximate surface area is 173 Å². The van der Waals surface area contributed by atoms with Gasteiger partial charge >= 0.3 is 0 Å². The molecule has 3 nitrogen and oxygen atoms in total. The highest BCUT2D eigenvalue weighted by Crippen LogP contribution is 2.23. The third kappa shape index (κ3) is 6.64. The van der Waals surface area contributed by atoms with Crippen LogP contribution in [0.25, 0.3) is 0 Å². The number of piperidine rings is 1. The Balaban J connectivity index is 0.00000169. The summed E-state index contributed by atoms with van der Waals surface area (Å²) in [5, 5.41) is 4.41. The van der Waals surface area contributed by atoms with Gasteiger partial charge in [-0.05, 0) is 49.7 Å². The molecule has 26 heavy (non-hydrogen) atoms. The van der Waals surface area contributed by atoms with Gasteiger partial charge in [0.05, 0.1) is 7.11 Å². The van der Waals surface area contributed by atoms with Gasteiger partial charge in [0.1, 0.15) is 5.75 Å². The molecule has 2 aromatic rings. The van der Waals surface area contributed by atoms with E-state index in [-0.39, 0.29) is 24.8 Å². The summed E-state index contributed by atoms with van der Waals surface area (Å²) in [7, 11) is 1.70. The predicted molar refractivity (Wildman–Crippen MR) is 114 cm³/mol. The molecule has 1 aliphatic heterocycles. The van der Waals surface area contributed by atoms with Crippen molar-refractivity contribution in [2.45, 2.75) is 32.0 Å². The molecule has 0 aliphatic carbocycles. The minimum absolute atomic E-state index is 0. The fraction of sp³-hybridized carbons (Fsp3) is 0.400. The number of methoxy groups -OCH3 is 1. The first-order valence-corrected chi connectivity index (χ1v) is 8.94. The smallest absolute Gasteiger partial charge is 0.123 e. The van der Waals surface area contributed by atoms with Crippen molar-refractivity contribution < 1.29 is 4.74 Å². The SMILES string of the molecule is COc1ccc(Cl)cc1CNC1CCN(Cc2ccccc2)CC1.Cl.Cl. The van der Waals surface area contributed by atoms with Gasteiger partial charge in [0.25, 0.3) is 0 Å². The Bertz CT molecular complexity index is 647. The van der Waals surface area contributed by atoms with E-state index in [9.17, 15) is 0 Å². The van der Waals surface area contributed by atoms with Gasteiger partial charge in [0.2, 0.25) is 0 Å². The molecule has 3 rings (SSSR count). The van der Waals surface area contributed by atoms with E-state index in [0.717, 1.165) is 42.5 Å². The molecular formula is C20H27Cl3N2O. The van der Waals surface area contributed by atoms with E-state index in [0.29, 0.717) is 6.04 Å². The summed E-state index contributed by atoms with van der Waals surface area (Å²) in [5.74, 6) is 0.897. The molecule has 6 heteroatoms. The molecule has 144 valence electrons. The van der Waals surface area contributed by atoms with E-state index in [1.54, 1.807) is 7.11 Å². The first kappa shape index (κ1) is 23.1. The molecule has 0 saturated carbocycles. The average molecular weight is 418 g/mol. The van der Waals surface area contributed by atoms with Crippen LogP contribution in [0.4, 0.5) is 0 Å². The fourth-order valence-corrected chi connectivity index (χ4v) is 3.47. The molecule has 0 unspecified atom stereocenters. The number of nitrogens with one attached hydrogen (secondary N) is 1. The highest BCUT2D eigenvalue weighted by atomic mass is 35.5. The maximum Gasteiger partial charge on any atom is 0.123 e. The zero-order valence-electron chi connectivity index (χ0n) is 15.0. The van der Waals surface area contributed by atoms with E-state index in [1.807, 2.05) is 18.2 Å². The summed E-state index contributed by atoms with van der Waals surface area (Å²) in [5.41, 5.74) is 2.52. The minimum Gasteiger partial charge on any atom is -0.496 e. The minimum atomic E-state index is 0. The van der Waals surface area contributed by atoms with Crippen LogP contribution in [0.5, 0.6) is 5.75 Å². The number of ether oxygens (including phenoxy) is 1. The molecule has 1 fully saturated rings. The van der Waals surface area contributed by atoms with E-state index < -0.39 is 0 Å². The molecule has 0 spiro atoms. The second kappa shape index (κ2) is 11.7. The van der Waals surface area contributed by atoms with E-state index >= 15 is 0 Å². The van der Waals surface area contributed by atoms with Gasteiger partial charge in [0, 0.05) is 29.7 Å².